The summed E-state index contributed by atoms with van der Waals surface area (Å²) in [6.07, 6.45) is 3.69. The maximum absolute atomic E-state index is 5.85. The summed E-state index contributed by atoms with van der Waals surface area (Å²) in [5, 5.41) is 0. The summed E-state index contributed by atoms with van der Waals surface area (Å²) < 4.78 is 17.5. The summed E-state index contributed by atoms with van der Waals surface area (Å²) in [6.45, 7) is 12.6. The second-order valence-corrected chi connectivity index (χ2v) is 6.46. The Balaban J connectivity index is 4.15. The molecule has 0 spiro atoms. The molecule has 0 aliphatic heterocycles. The van der Waals surface area contributed by atoms with Crippen molar-refractivity contribution in [3.63, 3.8) is 0 Å². The van der Waals surface area contributed by atoms with Gasteiger partial charge in [0.15, 0.2) is 0 Å². The van der Waals surface area contributed by atoms with Crippen molar-refractivity contribution in [2.75, 3.05) is 0 Å². The average molecular weight is 294 g/mol. The van der Waals surface area contributed by atoms with Crippen LogP contribution in [-0.2, 0) is 11.2 Å². The van der Waals surface area contributed by atoms with Gasteiger partial charge in [0, 0.05) is 0 Å². The Labute approximate surface area is 106 Å². The first kappa shape index (κ1) is 16.4. The van der Waals surface area contributed by atoms with E-state index in [9.17, 15) is 0 Å². The fourth-order valence-corrected chi connectivity index (χ4v) is 3.84. The van der Waals surface area contributed by atoms with Crippen LogP contribution < -0.4 is 0 Å². The molecular formula is C12H27AsO3. The van der Waals surface area contributed by atoms with Crippen LogP contribution in [0.4, 0.5) is 0 Å². The summed E-state index contributed by atoms with van der Waals surface area (Å²) in [7, 11) is 0. The van der Waals surface area contributed by atoms with Crippen molar-refractivity contribution >= 4 is 15.7 Å². The monoisotopic (exact) mass is 294 g/mol. The zero-order valence-electron chi connectivity index (χ0n) is 11.5. The summed E-state index contributed by atoms with van der Waals surface area (Å²) >= 11 is -2.03. The minimum atomic E-state index is -2.03. The maximum atomic E-state index is 5.85. The molecule has 0 aliphatic carbocycles. The van der Waals surface area contributed by atoms with E-state index in [0.29, 0.717) is 0 Å². The van der Waals surface area contributed by atoms with Crippen molar-refractivity contribution in [2.45, 2.75) is 79.1 Å². The van der Waals surface area contributed by atoms with Gasteiger partial charge in [0.2, 0.25) is 0 Å². The topological polar surface area (TPSA) is 27.7 Å². The molecule has 0 rings (SSSR count). The molecule has 0 N–H and O–H groups in total. The number of hydrogen-bond donors (Lipinski definition) is 0. The van der Waals surface area contributed by atoms with Gasteiger partial charge in [-0.1, -0.05) is 0 Å². The fourth-order valence-electron chi connectivity index (χ4n) is 0.739. The third-order valence-corrected chi connectivity index (χ3v) is 5.87. The van der Waals surface area contributed by atoms with Gasteiger partial charge in [-0.15, -0.1) is 0 Å². The van der Waals surface area contributed by atoms with E-state index in [4.69, 9.17) is 11.2 Å². The van der Waals surface area contributed by atoms with Gasteiger partial charge in [-0.2, -0.15) is 0 Å². The molecule has 3 nitrogen and oxygen atoms in total. The van der Waals surface area contributed by atoms with Crippen LogP contribution in [-0.4, -0.2) is 34.0 Å². The first-order valence-corrected chi connectivity index (χ1v) is 8.63. The molecule has 0 amide bonds. The Hall–Kier alpha value is 0.438. The second kappa shape index (κ2) is 9.47. The van der Waals surface area contributed by atoms with Crippen LogP contribution in [0.25, 0.3) is 0 Å². The van der Waals surface area contributed by atoms with Crippen LogP contribution >= 0.6 is 0 Å². The van der Waals surface area contributed by atoms with Crippen molar-refractivity contribution in [1.82, 2.24) is 0 Å². The van der Waals surface area contributed by atoms with Gasteiger partial charge in [-0.25, -0.2) is 0 Å². The van der Waals surface area contributed by atoms with Gasteiger partial charge < -0.3 is 0 Å². The molecule has 0 heterocycles. The van der Waals surface area contributed by atoms with Crippen molar-refractivity contribution in [3.8, 4) is 0 Å². The van der Waals surface area contributed by atoms with E-state index >= 15 is 0 Å². The van der Waals surface area contributed by atoms with E-state index in [-0.39, 0.29) is 18.3 Å². The summed E-state index contributed by atoms with van der Waals surface area (Å²) in [6, 6.07) is 0. The van der Waals surface area contributed by atoms with Gasteiger partial charge in [-0.3, -0.25) is 0 Å². The van der Waals surface area contributed by atoms with E-state index in [2.05, 4.69) is 41.5 Å². The molecule has 0 radical (unpaired) electrons. The van der Waals surface area contributed by atoms with Gasteiger partial charge in [0.05, 0.1) is 0 Å². The predicted octanol–water partition coefficient (Wildman–Crippen LogP) is 3.42. The molecular weight excluding hydrogens is 267 g/mol. The minimum absolute atomic E-state index is 0.230. The number of rotatable bonds is 9. The average Bonchev–Trinajstić information content (AvgIpc) is 2.28. The van der Waals surface area contributed by atoms with Crippen molar-refractivity contribution in [2.24, 2.45) is 0 Å². The predicted molar refractivity (Wildman–Crippen MR) is 68.3 cm³/mol. The Morgan fingerprint density at radius 3 is 1.12 bits per heavy atom. The van der Waals surface area contributed by atoms with E-state index < -0.39 is 15.7 Å². The quantitative estimate of drug-likeness (QED) is 0.610. The van der Waals surface area contributed by atoms with Crippen LogP contribution in [0, 0.1) is 0 Å². The molecule has 3 unspecified atom stereocenters. The Kier molecular flexibility index (Phi) is 9.73. The van der Waals surface area contributed by atoms with Crippen molar-refractivity contribution in [3.05, 3.63) is 0 Å². The van der Waals surface area contributed by atoms with E-state index in [0.717, 1.165) is 19.3 Å². The molecule has 0 aromatic heterocycles. The molecule has 0 bridgehead atoms. The van der Waals surface area contributed by atoms with Crippen LogP contribution in [0.15, 0.2) is 0 Å². The Morgan fingerprint density at radius 2 is 0.938 bits per heavy atom. The Bertz CT molecular complexity index is 138. The molecule has 0 aromatic rings. The molecule has 0 saturated heterocycles. The third kappa shape index (κ3) is 7.67. The van der Waals surface area contributed by atoms with Gasteiger partial charge in [0.1, 0.15) is 0 Å². The molecule has 16 heavy (non-hydrogen) atoms. The fraction of sp³-hybridized carbons (Fsp3) is 1.00. The molecule has 0 aliphatic rings. The third-order valence-electron chi connectivity index (χ3n) is 2.52. The molecule has 0 fully saturated rings. The normalized spacial score (nSPS) is 19.1. The van der Waals surface area contributed by atoms with Crippen molar-refractivity contribution < 1.29 is 11.2 Å². The summed E-state index contributed by atoms with van der Waals surface area (Å²) in [4.78, 5) is 0. The van der Waals surface area contributed by atoms with Gasteiger partial charge in [-0.05, 0) is 0 Å². The van der Waals surface area contributed by atoms with Gasteiger partial charge >= 0.3 is 106 Å². The SMILES string of the molecule is CCC(C)O[As](OC(C)CC)OC(C)CC. The van der Waals surface area contributed by atoms with Crippen molar-refractivity contribution in [1.29, 1.82) is 0 Å². The van der Waals surface area contributed by atoms with E-state index in [1.54, 1.807) is 0 Å². The summed E-state index contributed by atoms with van der Waals surface area (Å²) in [5.41, 5.74) is 0. The second-order valence-electron chi connectivity index (χ2n) is 4.20. The molecule has 0 saturated carbocycles. The molecule has 98 valence electrons. The van der Waals surface area contributed by atoms with E-state index in [1.807, 2.05) is 0 Å². The summed E-state index contributed by atoms with van der Waals surface area (Å²) in [5.74, 6) is 0. The van der Waals surface area contributed by atoms with Crippen LogP contribution in [0.3, 0.4) is 0 Å². The van der Waals surface area contributed by atoms with Crippen LogP contribution in [0.1, 0.15) is 60.8 Å². The first-order valence-electron chi connectivity index (χ1n) is 6.33. The molecule has 0 aromatic carbocycles. The molecule has 3 atom stereocenters. The van der Waals surface area contributed by atoms with Crippen LogP contribution in [0.2, 0.25) is 0 Å². The zero-order valence-corrected chi connectivity index (χ0v) is 13.4. The van der Waals surface area contributed by atoms with Gasteiger partial charge in [0.25, 0.3) is 0 Å². The zero-order chi connectivity index (χ0) is 12.6. The number of hydrogen-bond acceptors (Lipinski definition) is 3. The standard InChI is InChI=1S/C12H27AsO3/c1-7-10(4)14-13(15-11(5)8-2)16-12(6)9-3/h10-12H,7-9H2,1-6H3. The Morgan fingerprint density at radius 1 is 0.688 bits per heavy atom. The van der Waals surface area contributed by atoms with E-state index in [1.165, 1.54) is 0 Å². The molecule has 4 heteroatoms. The van der Waals surface area contributed by atoms with Crippen LogP contribution in [0.5, 0.6) is 0 Å². The first-order chi connectivity index (χ1) is 7.53.